The van der Waals surface area contributed by atoms with Gasteiger partial charge in [0.2, 0.25) is 0 Å². The lowest BCUT2D eigenvalue weighted by molar-refractivity contribution is -0.139. The number of amides is 1. The predicted molar refractivity (Wildman–Crippen MR) is 68.4 cm³/mol. The lowest BCUT2D eigenvalue weighted by Crippen LogP contribution is -2.55. The molecular weight excluding hydrogens is 248 g/mol. The van der Waals surface area contributed by atoms with Crippen molar-refractivity contribution < 1.29 is 14.6 Å². The second kappa shape index (κ2) is 5.10. The summed E-state index contributed by atoms with van der Waals surface area (Å²) in [6.07, 6.45) is -0.380. The molecule has 1 unspecified atom stereocenters. The molecule has 7 nitrogen and oxygen atoms in total. The summed E-state index contributed by atoms with van der Waals surface area (Å²) in [5, 5.41) is 16.7. The maximum Gasteiger partial charge on any atom is 0.274 e. The van der Waals surface area contributed by atoms with Crippen molar-refractivity contribution in [3.8, 4) is 0 Å². The van der Waals surface area contributed by atoms with Gasteiger partial charge in [-0.3, -0.25) is 4.79 Å². The van der Waals surface area contributed by atoms with Crippen LogP contribution in [0.2, 0.25) is 0 Å². The molecule has 0 aliphatic carbocycles. The number of aromatic nitrogens is 2. The number of nitrogens with zero attached hydrogens (tertiary/aromatic N) is 3. The molecule has 1 aliphatic heterocycles. The SMILES string of the molecule is CC1(C)CN(C(=O)c2ccc(N)nn2)CC(CO)O1. The van der Waals surface area contributed by atoms with E-state index in [1.165, 1.54) is 6.07 Å². The molecule has 0 spiro atoms. The van der Waals surface area contributed by atoms with E-state index in [1.54, 1.807) is 11.0 Å². The Morgan fingerprint density at radius 3 is 2.89 bits per heavy atom. The molecule has 1 aromatic heterocycles. The number of aliphatic hydroxyl groups is 1. The van der Waals surface area contributed by atoms with Crippen molar-refractivity contribution in [2.24, 2.45) is 0 Å². The number of hydrogen-bond donors (Lipinski definition) is 2. The minimum absolute atomic E-state index is 0.124. The molecule has 0 aromatic carbocycles. The molecule has 19 heavy (non-hydrogen) atoms. The van der Waals surface area contributed by atoms with Crippen molar-refractivity contribution >= 4 is 11.7 Å². The minimum atomic E-state index is -0.497. The number of aliphatic hydroxyl groups excluding tert-OH is 1. The van der Waals surface area contributed by atoms with Crippen LogP contribution in [-0.4, -0.2) is 57.5 Å². The second-order valence-electron chi connectivity index (χ2n) is 5.21. The summed E-state index contributed by atoms with van der Waals surface area (Å²) in [4.78, 5) is 13.9. The van der Waals surface area contributed by atoms with Gasteiger partial charge in [-0.05, 0) is 26.0 Å². The summed E-state index contributed by atoms with van der Waals surface area (Å²) in [5.41, 5.74) is 5.18. The first kappa shape index (κ1) is 13.7. The molecule has 1 amide bonds. The predicted octanol–water partition coefficient (Wildman–Crippen LogP) is -0.329. The third-order valence-electron chi connectivity index (χ3n) is 2.88. The number of morpholine rings is 1. The van der Waals surface area contributed by atoms with Gasteiger partial charge in [0, 0.05) is 13.1 Å². The van der Waals surface area contributed by atoms with E-state index < -0.39 is 5.60 Å². The molecule has 2 rings (SSSR count). The number of nitrogen functional groups attached to an aromatic ring is 1. The summed E-state index contributed by atoms with van der Waals surface area (Å²) < 4.78 is 5.66. The Labute approximate surface area is 111 Å². The Kier molecular flexibility index (Phi) is 3.68. The number of anilines is 1. The van der Waals surface area contributed by atoms with Crippen LogP contribution >= 0.6 is 0 Å². The van der Waals surface area contributed by atoms with Crippen LogP contribution in [0.4, 0.5) is 5.82 Å². The van der Waals surface area contributed by atoms with Gasteiger partial charge in [0.05, 0.1) is 18.3 Å². The Hall–Kier alpha value is -1.73. The number of ether oxygens (including phenoxy) is 1. The lowest BCUT2D eigenvalue weighted by Gasteiger charge is -2.42. The van der Waals surface area contributed by atoms with Crippen LogP contribution in [0.15, 0.2) is 12.1 Å². The van der Waals surface area contributed by atoms with E-state index in [4.69, 9.17) is 10.5 Å². The van der Waals surface area contributed by atoms with Crippen molar-refractivity contribution in [1.29, 1.82) is 0 Å². The summed E-state index contributed by atoms with van der Waals surface area (Å²) in [6.45, 7) is 4.41. The van der Waals surface area contributed by atoms with Crippen LogP contribution in [0, 0.1) is 0 Å². The van der Waals surface area contributed by atoms with Crippen LogP contribution in [0.1, 0.15) is 24.3 Å². The fraction of sp³-hybridized carbons (Fsp3) is 0.583. The highest BCUT2D eigenvalue weighted by atomic mass is 16.5. The fourth-order valence-corrected chi connectivity index (χ4v) is 2.16. The van der Waals surface area contributed by atoms with Gasteiger partial charge in [-0.15, -0.1) is 10.2 Å². The van der Waals surface area contributed by atoms with E-state index >= 15 is 0 Å². The second-order valence-corrected chi connectivity index (χ2v) is 5.21. The molecular formula is C12H18N4O3. The van der Waals surface area contributed by atoms with Crippen molar-refractivity contribution in [3.63, 3.8) is 0 Å². The van der Waals surface area contributed by atoms with E-state index in [2.05, 4.69) is 10.2 Å². The van der Waals surface area contributed by atoms with Gasteiger partial charge in [0.1, 0.15) is 5.82 Å². The fourth-order valence-electron chi connectivity index (χ4n) is 2.16. The average Bonchev–Trinajstić information content (AvgIpc) is 2.37. The Morgan fingerprint density at radius 1 is 1.58 bits per heavy atom. The molecule has 1 atom stereocenters. The van der Waals surface area contributed by atoms with E-state index in [9.17, 15) is 9.90 Å². The monoisotopic (exact) mass is 266 g/mol. The number of carbonyl (C=O) groups is 1. The molecule has 0 bridgehead atoms. The maximum atomic E-state index is 12.3. The van der Waals surface area contributed by atoms with E-state index in [0.29, 0.717) is 13.1 Å². The first-order chi connectivity index (χ1) is 8.91. The smallest absolute Gasteiger partial charge is 0.274 e. The van der Waals surface area contributed by atoms with Gasteiger partial charge in [-0.25, -0.2) is 0 Å². The number of nitrogens with two attached hydrogens (primary N) is 1. The van der Waals surface area contributed by atoms with Gasteiger partial charge < -0.3 is 20.5 Å². The van der Waals surface area contributed by atoms with E-state index in [-0.39, 0.29) is 30.1 Å². The maximum absolute atomic E-state index is 12.3. The first-order valence-corrected chi connectivity index (χ1v) is 6.08. The van der Waals surface area contributed by atoms with Crippen LogP contribution in [0.3, 0.4) is 0 Å². The highest BCUT2D eigenvalue weighted by molar-refractivity contribution is 5.92. The zero-order valence-electron chi connectivity index (χ0n) is 11.0. The van der Waals surface area contributed by atoms with Gasteiger partial charge in [-0.2, -0.15) is 0 Å². The summed E-state index contributed by atoms with van der Waals surface area (Å²) in [7, 11) is 0. The van der Waals surface area contributed by atoms with Crippen molar-refractivity contribution in [3.05, 3.63) is 17.8 Å². The molecule has 7 heteroatoms. The molecule has 1 aliphatic rings. The Balaban J connectivity index is 2.16. The number of rotatable bonds is 2. The normalized spacial score (nSPS) is 22.3. The van der Waals surface area contributed by atoms with E-state index in [0.717, 1.165) is 0 Å². The molecule has 3 N–H and O–H groups in total. The Morgan fingerprint density at radius 2 is 2.32 bits per heavy atom. The number of hydrogen-bond acceptors (Lipinski definition) is 6. The highest BCUT2D eigenvalue weighted by Gasteiger charge is 2.36. The van der Waals surface area contributed by atoms with Gasteiger partial charge in [-0.1, -0.05) is 0 Å². The number of carbonyl (C=O) groups excluding carboxylic acids is 1. The third kappa shape index (κ3) is 3.18. The zero-order valence-corrected chi connectivity index (χ0v) is 11.0. The quantitative estimate of drug-likeness (QED) is 0.760. The van der Waals surface area contributed by atoms with Crippen LogP contribution < -0.4 is 5.73 Å². The van der Waals surface area contributed by atoms with Gasteiger partial charge in [0.25, 0.3) is 5.91 Å². The van der Waals surface area contributed by atoms with Crippen LogP contribution in [-0.2, 0) is 4.74 Å². The lowest BCUT2D eigenvalue weighted by atomic mass is 10.0. The van der Waals surface area contributed by atoms with Gasteiger partial charge in [0.15, 0.2) is 5.69 Å². The zero-order chi connectivity index (χ0) is 14.0. The largest absolute Gasteiger partial charge is 0.394 e. The summed E-state index contributed by atoms with van der Waals surface area (Å²) in [6, 6.07) is 3.08. The molecule has 2 heterocycles. The highest BCUT2D eigenvalue weighted by Crippen LogP contribution is 2.22. The molecule has 0 saturated carbocycles. The first-order valence-electron chi connectivity index (χ1n) is 6.08. The molecule has 1 fully saturated rings. The van der Waals surface area contributed by atoms with Crippen LogP contribution in [0.5, 0.6) is 0 Å². The molecule has 0 radical (unpaired) electrons. The average molecular weight is 266 g/mol. The summed E-state index contributed by atoms with van der Waals surface area (Å²) in [5.74, 6) is 0.0365. The molecule has 1 saturated heterocycles. The standard InChI is InChI=1S/C12H18N4O3/c1-12(2)7-16(5-8(6-17)19-12)11(18)9-3-4-10(13)15-14-9/h3-4,8,17H,5-7H2,1-2H3,(H2,13,15). The van der Waals surface area contributed by atoms with Gasteiger partial charge >= 0.3 is 0 Å². The van der Waals surface area contributed by atoms with Crippen molar-refractivity contribution in [2.75, 3.05) is 25.4 Å². The molecule has 104 valence electrons. The van der Waals surface area contributed by atoms with E-state index in [1.807, 2.05) is 13.8 Å². The minimum Gasteiger partial charge on any atom is -0.394 e. The van der Waals surface area contributed by atoms with Crippen molar-refractivity contribution in [2.45, 2.75) is 25.6 Å². The van der Waals surface area contributed by atoms with Crippen molar-refractivity contribution in [1.82, 2.24) is 15.1 Å². The molecule has 1 aromatic rings. The Bertz CT molecular complexity index is 461. The topological polar surface area (TPSA) is 102 Å². The third-order valence-corrected chi connectivity index (χ3v) is 2.88. The van der Waals surface area contributed by atoms with Crippen LogP contribution in [0.25, 0.3) is 0 Å². The summed E-state index contributed by atoms with van der Waals surface area (Å²) >= 11 is 0.